The van der Waals surface area contributed by atoms with Gasteiger partial charge in [-0.3, -0.25) is 4.79 Å². The van der Waals surface area contributed by atoms with E-state index in [2.05, 4.69) is 5.32 Å². The molecule has 3 nitrogen and oxygen atoms in total. The maximum Gasteiger partial charge on any atom is 0.222 e. The normalized spacial score (nSPS) is 13.9. The minimum atomic E-state index is -0.202. The number of amides is 1. The highest BCUT2D eigenvalue weighted by Gasteiger charge is 2.13. The van der Waals surface area contributed by atoms with E-state index in [1.807, 2.05) is 19.9 Å². The van der Waals surface area contributed by atoms with Crippen molar-refractivity contribution in [2.75, 3.05) is 6.54 Å². The van der Waals surface area contributed by atoms with Crippen molar-refractivity contribution in [1.82, 2.24) is 5.32 Å². The number of benzene rings is 1. The molecule has 4 heteroatoms. The van der Waals surface area contributed by atoms with Crippen molar-refractivity contribution in [1.29, 1.82) is 0 Å². The van der Waals surface area contributed by atoms with Crippen LogP contribution in [0, 0.1) is 11.7 Å². The Morgan fingerprint density at radius 2 is 2.00 bits per heavy atom. The second-order valence-corrected chi connectivity index (χ2v) is 5.09. The minimum Gasteiger partial charge on any atom is -0.356 e. The van der Waals surface area contributed by atoms with E-state index in [9.17, 15) is 9.18 Å². The van der Waals surface area contributed by atoms with Gasteiger partial charge in [-0.25, -0.2) is 4.39 Å². The number of carbonyl (C=O) groups excluding carboxylic acids is 1. The summed E-state index contributed by atoms with van der Waals surface area (Å²) in [5, 5.41) is 2.85. The Bertz CT molecular complexity index is 407. The van der Waals surface area contributed by atoms with E-state index in [-0.39, 0.29) is 23.7 Å². The first-order valence-electron chi connectivity index (χ1n) is 6.77. The van der Waals surface area contributed by atoms with Crippen LogP contribution in [0.5, 0.6) is 0 Å². The lowest BCUT2D eigenvalue weighted by molar-refractivity contribution is -0.124. The van der Waals surface area contributed by atoms with Gasteiger partial charge in [0.15, 0.2) is 0 Å². The van der Waals surface area contributed by atoms with Crippen molar-refractivity contribution in [2.45, 2.75) is 39.2 Å². The molecule has 2 atom stereocenters. The molecule has 0 aliphatic heterocycles. The van der Waals surface area contributed by atoms with Crippen molar-refractivity contribution in [3.8, 4) is 0 Å². The Hall–Kier alpha value is -1.42. The standard InChI is InChI=1S/C15H23FN2O/c1-11(15(19)18-10-9-12(2)17)7-8-13-5-3-4-6-14(13)16/h3-6,11-12H,7-10,17H2,1-2H3,(H,18,19). The topological polar surface area (TPSA) is 55.1 Å². The van der Waals surface area contributed by atoms with E-state index in [1.54, 1.807) is 12.1 Å². The maximum absolute atomic E-state index is 13.4. The molecule has 0 radical (unpaired) electrons. The Labute approximate surface area is 114 Å². The molecule has 1 rings (SSSR count). The zero-order chi connectivity index (χ0) is 14.3. The van der Waals surface area contributed by atoms with Gasteiger partial charge in [0.1, 0.15) is 5.82 Å². The minimum absolute atomic E-state index is 0.0111. The molecular formula is C15H23FN2O. The second kappa shape index (κ2) is 7.89. The molecule has 1 aromatic carbocycles. The molecule has 1 amide bonds. The van der Waals surface area contributed by atoms with Crippen LogP contribution in [-0.4, -0.2) is 18.5 Å². The molecule has 0 fully saturated rings. The highest BCUT2D eigenvalue weighted by Crippen LogP contribution is 2.13. The molecule has 1 aromatic rings. The highest BCUT2D eigenvalue weighted by molar-refractivity contribution is 5.78. The Morgan fingerprint density at radius 3 is 2.63 bits per heavy atom. The second-order valence-electron chi connectivity index (χ2n) is 5.09. The van der Waals surface area contributed by atoms with E-state index in [0.29, 0.717) is 24.9 Å². The van der Waals surface area contributed by atoms with Gasteiger partial charge in [0.25, 0.3) is 0 Å². The predicted octanol–water partition coefficient (Wildman–Crippen LogP) is 2.25. The fourth-order valence-corrected chi connectivity index (χ4v) is 1.80. The van der Waals surface area contributed by atoms with Crippen molar-refractivity contribution in [2.24, 2.45) is 11.7 Å². The van der Waals surface area contributed by atoms with Gasteiger partial charge in [-0.1, -0.05) is 25.1 Å². The van der Waals surface area contributed by atoms with Crippen LogP contribution in [0.1, 0.15) is 32.3 Å². The third-order valence-corrected chi connectivity index (χ3v) is 3.15. The Balaban J connectivity index is 2.32. The van der Waals surface area contributed by atoms with E-state index in [0.717, 1.165) is 6.42 Å². The Morgan fingerprint density at radius 1 is 1.32 bits per heavy atom. The van der Waals surface area contributed by atoms with Crippen LogP contribution in [-0.2, 0) is 11.2 Å². The number of rotatable bonds is 7. The summed E-state index contributed by atoms with van der Waals surface area (Å²) in [5.41, 5.74) is 6.28. The van der Waals surface area contributed by atoms with Gasteiger partial charge in [-0.05, 0) is 37.8 Å². The molecule has 0 aromatic heterocycles. The summed E-state index contributed by atoms with van der Waals surface area (Å²) in [4.78, 5) is 11.8. The molecule has 0 heterocycles. The summed E-state index contributed by atoms with van der Waals surface area (Å²) < 4.78 is 13.4. The molecular weight excluding hydrogens is 243 g/mol. The maximum atomic E-state index is 13.4. The summed E-state index contributed by atoms with van der Waals surface area (Å²) >= 11 is 0. The lowest BCUT2D eigenvalue weighted by atomic mass is 10.00. The number of nitrogens with one attached hydrogen (secondary N) is 1. The monoisotopic (exact) mass is 266 g/mol. The van der Waals surface area contributed by atoms with E-state index in [4.69, 9.17) is 5.73 Å². The van der Waals surface area contributed by atoms with Crippen LogP contribution in [0.2, 0.25) is 0 Å². The van der Waals surface area contributed by atoms with Crippen molar-refractivity contribution < 1.29 is 9.18 Å². The lowest BCUT2D eigenvalue weighted by Crippen LogP contribution is -2.32. The van der Waals surface area contributed by atoms with Gasteiger partial charge in [0.05, 0.1) is 0 Å². The molecule has 0 saturated heterocycles. The molecule has 19 heavy (non-hydrogen) atoms. The SMILES string of the molecule is CC(N)CCNC(=O)C(C)CCc1ccccc1F. The fourth-order valence-electron chi connectivity index (χ4n) is 1.80. The quantitative estimate of drug-likeness (QED) is 0.795. The fraction of sp³-hybridized carbons (Fsp3) is 0.533. The van der Waals surface area contributed by atoms with Crippen molar-refractivity contribution >= 4 is 5.91 Å². The largest absolute Gasteiger partial charge is 0.356 e. The predicted molar refractivity (Wildman–Crippen MR) is 75.2 cm³/mol. The molecule has 0 bridgehead atoms. The third kappa shape index (κ3) is 5.83. The third-order valence-electron chi connectivity index (χ3n) is 3.15. The summed E-state index contributed by atoms with van der Waals surface area (Å²) in [6, 6.07) is 6.78. The number of carbonyl (C=O) groups is 1. The first kappa shape index (κ1) is 15.6. The first-order valence-corrected chi connectivity index (χ1v) is 6.77. The van der Waals surface area contributed by atoms with Crippen LogP contribution in [0.25, 0.3) is 0 Å². The molecule has 0 saturated carbocycles. The first-order chi connectivity index (χ1) is 9.00. The van der Waals surface area contributed by atoms with Gasteiger partial charge < -0.3 is 11.1 Å². The van der Waals surface area contributed by atoms with Gasteiger partial charge in [0.2, 0.25) is 5.91 Å². The number of nitrogens with two attached hydrogens (primary N) is 1. The van der Waals surface area contributed by atoms with Crippen LogP contribution in [0.4, 0.5) is 4.39 Å². The van der Waals surface area contributed by atoms with Crippen LogP contribution < -0.4 is 11.1 Å². The smallest absolute Gasteiger partial charge is 0.222 e. The zero-order valence-electron chi connectivity index (χ0n) is 11.7. The van der Waals surface area contributed by atoms with Gasteiger partial charge in [-0.2, -0.15) is 0 Å². The number of hydrogen-bond acceptors (Lipinski definition) is 2. The van der Waals surface area contributed by atoms with Crippen LogP contribution in [0.15, 0.2) is 24.3 Å². The zero-order valence-corrected chi connectivity index (χ0v) is 11.7. The molecule has 2 unspecified atom stereocenters. The average molecular weight is 266 g/mol. The van der Waals surface area contributed by atoms with E-state index in [1.165, 1.54) is 6.07 Å². The van der Waals surface area contributed by atoms with Gasteiger partial charge in [0, 0.05) is 18.5 Å². The molecule has 0 aliphatic rings. The number of hydrogen-bond donors (Lipinski definition) is 2. The average Bonchev–Trinajstić information content (AvgIpc) is 2.36. The van der Waals surface area contributed by atoms with E-state index < -0.39 is 0 Å². The summed E-state index contributed by atoms with van der Waals surface area (Å²) in [6.45, 7) is 4.37. The summed E-state index contributed by atoms with van der Waals surface area (Å²) in [7, 11) is 0. The van der Waals surface area contributed by atoms with Crippen LogP contribution in [0.3, 0.4) is 0 Å². The summed E-state index contributed by atoms with van der Waals surface area (Å²) in [6.07, 6.45) is 1.99. The highest BCUT2D eigenvalue weighted by atomic mass is 19.1. The number of aryl methyl sites for hydroxylation is 1. The van der Waals surface area contributed by atoms with Crippen molar-refractivity contribution in [3.05, 3.63) is 35.6 Å². The molecule has 0 aliphatic carbocycles. The Kier molecular flexibility index (Phi) is 6.50. The van der Waals surface area contributed by atoms with Crippen molar-refractivity contribution in [3.63, 3.8) is 0 Å². The van der Waals surface area contributed by atoms with Gasteiger partial charge >= 0.3 is 0 Å². The van der Waals surface area contributed by atoms with E-state index >= 15 is 0 Å². The number of halogens is 1. The molecule has 0 spiro atoms. The van der Waals surface area contributed by atoms with Crippen LogP contribution >= 0.6 is 0 Å². The molecule has 3 N–H and O–H groups in total. The molecule has 106 valence electrons. The summed E-state index contributed by atoms with van der Waals surface area (Å²) in [5.74, 6) is -0.309. The van der Waals surface area contributed by atoms with Gasteiger partial charge in [-0.15, -0.1) is 0 Å². The lowest BCUT2D eigenvalue weighted by Gasteiger charge is -2.13.